The minimum atomic E-state index is -1.42. The summed E-state index contributed by atoms with van der Waals surface area (Å²) in [4.78, 5) is 15.4. The molecule has 1 saturated carbocycles. The molecule has 0 aromatic heterocycles. The number of rotatable bonds is 4. The fraction of sp³-hybridized carbons (Fsp3) is 0.520. The van der Waals surface area contributed by atoms with Gasteiger partial charge in [0, 0.05) is 39.7 Å². The second-order valence-corrected chi connectivity index (χ2v) is 9.23. The van der Waals surface area contributed by atoms with Gasteiger partial charge in [-0.05, 0) is 37.0 Å². The molecule has 0 radical (unpaired) electrons. The molecule has 1 aromatic carbocycles. The van der Waals surface area contributed by atoms with Crippen molar-refractivity contribution in [1.29, 1.82) is 0 Å². The van der Waals surface area contributed by atoms with Crippen molar-refractivity contribution in [3.8, 4) is 11.8 Å². The molecule has 0 saturated heterocycles. The second-order valence-electron chi connectivity index (χ2n) is 9.23. The number of carbonyl (C=O) groups is 1. The first-order chi connectivity index (χ1) is 14.4. The smallest absolute Gasteiger partial charge is 0.337 e. The van der Waals surface area contributed by atoms with Crippen molar-refractivity contribution in [2.24, 2.45) is 5.92 Å². The highest BCUT2D eigenvalue weighted by molar-refractivity contribution is 5.83. The van der Waals surface area contributed by atoms with E-state index in [-0.39, 0.29) is 12.3 Å². The van der Waals surface area contributed by atoms with Gasteiger partial charge in [0.15, 0.2) is 0 Å². The van der Waals surface area contributed by atoms with Crippen LogP contribution in [0.25, 0.3) is 4.85 Å². The van der Waals surface area contributed by atoms with E-state index in [1.165, 1.54) is 12.1 Å². The summed E-state index contributed by atoms with van der Waals surface area (Å²) in [6, 6.07) is 4.52. The Morgan fingerprint density at radius 2 is 1.97 bits per heavy atom. The molecule has 5 nitrogen and oxygen atoms in total. The standard InChI is InChI=1S/C25H28FNO4/c1-23(2,27-5)20-11-10-17(14-21(20)26)12-13-25(29,18-8-6-7-9-18)16-19-15-22(28)31-24(3,4)30-19/h10-11,14-15,18,29H,6-9,16H2,1-4H3. The summed E-state index contributed by atoms with van der Waals surface area (Å²) in [5.41, 5.74) is -1.66. The third-order valence-corrected chi connectivity index (χ3v) is 5.81. The predicted octanol–water partition coefficient (Wildman–Crippen LogP) is 4.84. The third kappa shape index (κ3) is 5.27. The molecule has 1 N–H and O–H groups in total. The maximum absolute atomic E-state index is 14.6. The minimum absolute atomic E-state index is 0.0501. The van der Waals surface area contributed by atoms with Crippen molar-refractivity contribution >= 4 is 5.97 Å². The normalized spacial score (nSPS) is 20.4. The molecule has 3 rings (SSSR count). The van der Waals surface area contributed by atoms with Gasteiger partial charge in [-0.25, -0.2) is 15.8 Å². The fourth-order valence-corrected chi connectivity index (χ4v) is 4.15. The molecule has 2 aliphatic rings. The zero-order valence-corrected chi connectivity index (χ0v) is 18.4. The van der Waals surface area contributed by atoms with Crippen LogP contribution >= 0.6 is 0 Å². The summed E-state index contributed by atoms with van der Waals surface area (Å²) in [6.45, 7) is 13.8. The molecular weight excluding hydrogens is 397 g/mol. The number of halogens is 1. The van der Waals surface area contributed by atoms with E-state index in [0.29, 0.717) is 16.9 Å². The number of benzene rings is 1. The summed E-state index contributed by atoms with van der Waals surface area (Å²) >= 11 is 0. The van der Waals surface area contributed by atoms with E-state index in [1.54, 1.807) is 39.8 Å². The summed E-state index contributed by atoms with van der Waals surface area (Å²) in [6.07, 6.45) is 4.92. The number of hydrogen-bond acceptors (Lipinski definition) is 4. The van der Waals surface area contributed by atoms with E-state index in [0.717, 1.165) is 25.7 Å². The van der Waals surface area contributed by atoms with E-state index in [1.807, 2.05) is 0 Å². The molecule has 31 heavy (non-hydrogen) atoms. The fourth-order valence-electron chi connectivity index (χ4n) is 4.15. The molecule has 1 aliphatic carbocycles. The summed E-state index contributed by atoms with van der Waals surface area (Å²) in [5.74, 6) is 3.97. The maximum Gasteiger partial charge on any atom is 0.337 e. The molecule has 1 aliphatic heterocycles. The lowest BCUT2D eigenvalue weighted by molar-refractivity contribution is -0.207. The van der Waals surface area contributed by atoms with Crippen LogP contribution < -0.4 is 0 Å². The monoisotopic (exact) mass is 425 g/mol. The van der Waals surface area contributed by atoms with Crippen LogP contribution in [0.3, 0.4) is 0 Å². The highest BCUT2D eigenvalue weighted by Crippen LogP contribution is 2.39. The zero-order chi connectivity index (χ0) is 22.9. The van der Waals surface area contributed by atoms with Crippen molar-refractivity contribution < 1.29 is 23.8 Å². The van der Waals surface area contributed by atoms with Gasteiger partial charge in [0.1, 0.15) is 17.2 Å². The SMILES string of the molecule is [C-]#[N+]C(C)(C)c1ccc(C#CC(O)(CC2=CC(=O)OC(C)(C)O2)C2CCCC2)cc1F. The number of cyclic esters (lactones) is 1. The maximum atomic E-state index is 14.6. The first-order valence-electron chi connectivity index (χ1n) is 10.5. The Balaban J connectivity index is 1.91. The Hall–Kier alpha value is -2.83. The Morgan fingerprint density at radius 1 is 1.29 bits per heavy atom. The van der Waals surface area contributed by atoms with E-state index in [2.05, 4.69) is 16.7 Å². The molecule has 1 heterocycles. The van der Waals surface area contributed by atoms with Crippen LogP contribution in [0.2, 0.25) is 0 Å². The van der Waals surface area contributed by atoms with Gasteiger partial charge in [-0.2, -0.15) is 0 Å². The van der Waals surface area contributed by atoms with Gasteiger partial charge >= 0.3 is 5.97 Å². The number of hydrogen-bond donors (Lipinski definition) is 1. The molecule has 164 valence electrons. The average molecular weight is 426 g/mol. The van der Waals surface area contributed by atoms with Gasteiger partial charge in [-0.1, -0.05) is 24.7 Å². The average Bonchev–Trinajstić information content (AvgIpc) is 3.20. The molecule has 1 unspecified atom stereocenters. The van der Waals surface area contributed by atoms with Crippen LogP contribution in [0.4, 0.5) is 4.39 Å². The molecule has 0 amide bonds. The van der Waals surface area contributed by atoms with Gasteiger partial charge in [0.25, 0.3) is 5.54 Å². The van der Waals surface area contributed by atoms with Crippen LogP contribution in [0.5, 0.6) is 0 Å². The van der Waals surface area contributed by atoms with Crippen molar-refractivity contribution in [2.45, 2.75) is 76.7 Å². The van der Waals surface area contributed by atoms with Crippen LogP contribution in [0, 0.1) is 30.1 Å². The Bertz CT molecular complexity index is 1000. The van der Waals surface area contributed by atoms with E-state index >= 15 is 0 Å². The molecule has 1 fully saturated rings. The van der Waals surface area contributed by atoms with Gasteiger partial charge in [-0.15, -0.1) is 0 Å². The van der Waals surface area contributed by atoms with Gasteiger partial charge in [0.2, 0.25) is 5.79 Å². The number of aliphatic hydroxyl groups is 1. The summed E-state index contributed by atoms with van der Waals surface area (Å²) < 4.78 is 25.5. The number of nitrogens with zero attached hydrogens (tertiary/aromatic N) is 1. The van der Waals surface area contributed by atoms with Crippen LogP contribution in [0.1, 0.15) is 70.9 Å². The van der Waals surface area contributed by atoms with Crippen LogP contribution in [-0.2, 0) is 19.8 Å². The number of esters is 1. The van der Waals surface area contributed by atoms with Crippen molar-refractivity contribution in [3.05, 3.63) is 58.4 Å². The van der Waals surface area contributed by atoms with Gasteiger partial charge in [0.05, 0.1) is 11.6 Å². The molecule has 0 spiro atoms. The van der Waals surface area contributed by atoms with Crippen LogP contribution in [0.15, 0.2) is 30.0 Å². The van der Waals surface area contributed by atoms with E-state index in [4.69, 9.17) is 16.0 Å². The lowest BCUT2D eigenvalue weighted by Crippen LogP contribution is -2.40. The lowest BCUT2D eigenvalue weighted by atomic mass is 9.82. The Morgan fingerprint density at radius 3 is 2.55 bits per heavy atom. The first kappa shape index (κ1) is 22.8. The molecule has 1 aromatic rings. The van der Waals surface area contributed by atoms with Crippen molar-refractivity contribution in [3.63, 3.8) is 0 Å². The zero-order valence-electron chi connectivity index (χ0n) is 18.4. The van der Waals surface area contributed by atoms with E-state index < -0.39 is 28.7 Å². The van der Waals surface area contributed by atoms with Gasteiger partial charge < -0.3 is 19.4 Å². The van der Waals surface area contributed by atoms with Crippen molar-refractivity contribution in [2.75, 3.05) is 0 Å². The largest absolute Gasteiger partial charge is 0.457 e. The molecular formula is C25H28FNO4. The second kappa shape index (κ2) is 8.36. The third-order valence-electron chi connectivity index (χ3n) is 5.81. The number of carbonyl (C=O) groups excluding carboxylic acids is 1. The topological polar surface area (TPSA) is 60.1 Å². The number of ether oxygens (including phenoxy) is 2. The van der Waals surface area contributed by atoms with Crippen LogP contribution in [-0.4, -0.2) is 22.5 Å². The Kier molecular flexibility index (Phi) is 6.16. The summed E-state index contributed by atoms with van der Waals surface area (Å²) in [5, 5.41) is 11.5. The first-order valence-corrected chi connectivity index (χ1v) is 10.5. The van der Waals surface area contributed by atoms with Crippen molar-refractivity contribution in [1.82, 2.24) is 0 Å². The molecule has 0 bridgehead atoms. The molecule has 1 atom stereocenters. The molecule has 6 heteroatoms. The summed E-state index contributed by atoms with van der Waals surface area (Å²) in [7, 11) is 0. The highest BCUT2D eigenvalue weighted by Gasteiger charge is 2.41. The predicted molar refractivity (Wildman–Crippen MR) is 114 cm³/mol. The minimum Gasteiger partial charge on any atom is -0.457 e. The van der Waals surface area contributed by atoms with Gasteiger partial charge in [-0.3, -0.25) is 0 Å². The lowest BCUT2D eigenvalue weighted by Gasteiger charge is -2.35. The highest BCUT2D eigenvalue weighted by atomic mass is 19.1. The van der Waals surface area contributed by atoms with E-state index in [9.17, 15) is 14.3 Å². The Labute approximate surface area is 183 Å². The quantitative estimate of drug-likeness (QED) is 0.426.